The second-order valence-electron chi connectivity index (χ2n) is 3.78. The van der Waals surface area contributed by atoms with Crippen LogP contribution < -0.4 is 22.1 Å². The Balaban J connectivity index is 2.50. The monoisotopic (exact) mass is 228 g/mol. The van der Waals surface area contributed by atoms with Crippen molar-refractivity contribution in [1.29, 1.82) is 0 Å². The van der Waals surface area contributed by atoms with Crippen LogP contribution in [0.25, 0.3) is 0 Å². The molecule has 1 aliphatic rings. The highest BCUT2D eigenvalue weighted by atomic mass is 16.2. The van der Waals surface area contributed by atoms with Crippen LogP contribution in [0.3, 0.4) is 0 Å². The molecule has 7 heteroatoms. The molecule has 1 rings (SSSR count). The fourth-order valence-corrected chi connectivity index (χ4v) is 1.60. The van der Waals surface area contributed by atoms with Gasteiger partial charge in [0, 0.05) is 0 Å². The van der Waals surface area contributed by atoms with Gasteiger partial charge >= 0.3 is 0 Å². The Morgan fingerprint density at radius 2 is 2.06 bits per heavy atom. The minimum Gasteiger partial charge on any atom is -0.370 e. The number of primary amides is 2. The van der Waals surface area contributed by atoms with Crippen molar-refractivity contribution in [3.63, 3.8) is 0 Å². The lowest BCUT2D eigenvalue weighted by molar-refractivity contribution is -0.130. The van der Waals surface area contributed by atoms with E-state index in [4.69, 9.17) is 11.5 Å². The van der Waals surface area contributed by atoms with Gasteiger partial charge in [-0.25, -0.2) is 0 Å². The summed E-state index contributed by atoms with van der Waals surface area (Å²) < 4.78 is 0. The van der Waals surface area contributed by atoms with E-state index in [1.165, 1.54) is 0 Å². The number of rotatable bonds is 5. The molecule has 90 valence electrons. The van der Waals surface area contributed by atoms with Crippen molar-refractivity contribution in [2.75, 3.05) is 6.54 Å². The average molecular weight is 228 g/mol. The maximum atomic E-state index is 11.6. The maximum absolute atomic E-state index is 11.6. The molecule has 0 spiro atoms. The molecule has 0 aromatic heterocycles. The Morgan fingerprint density at radius 1 is 1.38 bits per heavy atom. The molecule has 1 heterocycles. The first kappa shape index (κ1) is 12.4. The van der Waals surface area contributed by atoms with Crippen LogP contribution in [0.1, 0.15) is 19.3 Å². The Bertz CT molecular complexity index is 299. The van der Waals surface area contributed by atoms with Crippen LogP contribution >= 0.6 is 0 Å². The van der Waals surface area contributed by atoms with E-state index < -0.39 is 17.9 Å². The second-order valence-corrected chi connectivity index (χ2v) is 3.78. The lowest BCUT2D eigenvalue weighted by Gasteiger charge is -2.16. The van der Waals surface area contributed by atoms with Gasteiger partial charge in [-0.1, -0.05) is 0 Å². The topological polar surface area (TPSA) is 127 Å². The third-order valence-electron chi connectivity index (χ3n) is 2.44. The molecule has 1 saturated heterocycles. The van der Waals surface area contributed by atoms with Gasteiger partial charge in [0.2, 0.25) is 17.7 Å². The largest absolute Gasteiger partial charge is 0.370 e. The SMILES string of the molecule is NC(=O)CC(NC(=O)C1CCCN1)C(N)=O. The fourth-order valence-electron chi connectivity index (χ4n) is 1.60. The first-order valence-electron chi connectivity index (χ1n) is 5.12. The van der Waals surface area contributed by atoms with Crippen LogP contribution in [0, 0.1) is 0 Å². The summed E-state index contributed by atoms with van der Waals surface area (Å²) in [6, 6.07) is -1.33. The van der Waals surface area contributed by atoms with Gasteiger partial charge in [0.15, 0.2) is 0 Å². The molecule has 0 aliphatic carbocycles. The third kappa shape index (κ3) is 3.50. The Morgan fingerprint density at radius 3 is 2.50 bits per heavy atom. The lowest BCUT2D eigenvalue weighted by atomic mass is 10.1. The summed E-state index contributed by atoms with van der Waals surface area (Å²) in [6.07, 6.45) is 1.36. The third-order valence-corrected chi connectivity index (χ3v) is 2.44. The van der Waals surface area contributed by atoms with Gasteiger partial charge in [-0.15, -0.1) is 0 Å². The molecule has 0 aromatic rings. The quantitative estimate of drug-likeness (QED) is 0.417. The smallest absolute Gasteiger partial charge is 0.240 e. The van der Waals surface area contributed by atoms with Crippen molar-refractivity contribution in [2.24, 2.45) is 11.5 Å². The minimum absolute atomic E-state index is 0.270. The second kappa shape index (κ2) is 5.45. The molecular formula is C9H16N4O3. The summed E-state index contributed by atoms with van der Waals surface area (Å²) in [4.78, 5) is 33.2. The van der Waals surface area contributed by atoms with E-state index in [-0.39, 0.29) is 18.4 Å². The average Bonchev–Trinajstić information content (AvgIpc) is 2.68. The Labute approximate surface area is 92.9 Å². The summed E-state index contributed by atoms with van der Waals surface area (Å²) in [6.45, 7) is 0.773. The summed E-state index contributed by atoms with van der Waals surface area (Å²) in [5.74, 6) is -1.75. The van der Waals surface area contributed by atoms with Crippen molar-refractivity contribution in [1.82, 2.24) is 10.6 Å². The number of hydrogen-bond donors (Lipinski definition) is 4. The number of carbonyl (C=O) groups excluding carboxylic acids is 3. The van der Waals surface area contributed by atoms with Crippen LogP contribution in [0.2, 0.25) is 0 Å². The number of hydrogen-bond acceptors (Lipinski definition) is 4. The zero-order valence-corrected chi connectivity index (χ0v) is 8.86. The molecule has 0 bridgehead atoms. The predicted octanol–water partition coefficient (Wildman–Crippen LogP) is -2.42. The van der Waals surface area contributed by atoms with Crippen LogP contribution in [-0.2, 0) is 14.4 Å². The zero-order valence-electron chi connectivity index (χ0n) is 8.86. The van der Waals surface area contributed by atoms with Crippen molar-refractivity contribution in [2.45, 2.75) is 31.3 Å². The van der Waals surface area contributed by atoms with Gasteiger partial charge in [-0.05, 0) is 19.4 Å². The van der Waals surface area contributed by atoms with Crippen molar-refractivity contribution >= 4 is 17.7 Å². The highest BCUT2D eigenvalue weighted by Gasteiger charge is 2.26. The van der Waals surface area contributed by atoms with Gasteiger partial charge in [0.1, 0.15) is 6.04 Å². The van der Waals surface area contributed by atoms with E-state index in [0.29, 0.717) is 6.42 Å². The van der Waals surface area contributed by atoms with Gasteiger partial charge in [-0.2, -0.15) is 0 Å². The zero-order chi connectivity index (χ0) is 12.1. The van der Waals surface area contributed by atoms with Crippen LogP contribution in [0.15, 0.2) is 0 Å². The molecule has 0 radical (unpaired) electrons. The molecule has 6 N–H and O–H groups in total. The van der Waals surface area contributed by atoms with Gasteiger partial charge in [0.25, 0.3) is 0 Å². The molecule has 0 saturated carbocycles. The van der Waals surface area contributed by atoms with Crippen LogP contribution in [-0.4, -0.2) is 36.3 Å². The molecule has 0 aromatic carbocycles. The summed E-state index contributed by atoms with van der Waals surface area (Å²) >= 11 is 0. The van der Waals surface area contributed by atoms with Gasteiger partial charge in [-0.3, -0.25) is 14.4 Å². The first-order chi connectivity index (χ1) is 7.50. The molecular weight excluding hydrogens is 212 g/mol. The number of nitrogens with two attached hydrogens (primary N) is 2. The highest BCUT2D eigenvalue weighted by Crippen LogP contribution is 2.05. The fraction of sp³-hybridized carbons (Fsp3) is 0.667. The van der Waals surface area contributed by atoms with Gasteiger partial charge < -0.3 is 22.1 Å². The van der Waals surface area contributed by atoms with E-state index in [0.717, 1.165) is 13.0 Å². The minimum atomic E-state index is -1.02. The van der Waals surface area contributed by atoms with E-state index in [1.807, 2.05) is 0 Å². The van der Waals surface area contributed by atoms with E-state index in [9.17, 15) is 14.4 Å². The molecule has 1 aliphatic heterocycles. The number of nitrogens with one attached hydrogen (secondary N) is 2. The summed E-state index contributed by atoms with van der Waals surface area (Å²) in [5.41, 5.74) is 10.00. The Hall–Kier alpha value is -1.63. The summed E-state index contributed by atoms with van der Waals surface area (Å²) in [7, 11) is 0. The van der Waals surface area contributed by atoms with E-state index in [2.05, 4.69) is 10.6 Å². The summed E-state index contributed by atoms with van der Waals surface area (Å²) in [5, 5.41) is 5.39. The maximum Gasteiger partial charge on any atom is 0.240 e. The number of amides is 3. The van der Waals surface area contributed by atoms with Crippen LogP contribution in [0.5, 0.6) is 0 Å². The van der Waals surface area contributed by atoms with Crippen molar-refractivity contribution < 1.29 is 14.4 Å². The van der Waals surface area contributed by atoms with E-state index >= 15 is 0 Å². The van der Waals surface area contributed by atoms with Crippen LogP contribution in [0.4, 0.5) is 0 Å². The molecule has 2 unspecified atom stereocenters. The number of carbonyl (C=O) groups is 3. The van der Waals surface area contributed by atoms with Gasteiger partial charge in [0.05, 0.1) is 12.5 Å². The highest BCUT2D eigenvalue weighted by molar-refractivity contribution is 5.92. The standard InChI is InChI=1S/C9H16N4O3/c10-7(14)4-6(8(11)15)13-9(16)5-2-1-3-12-5/h5-6,12H,1-4H2,(H2,10,14)(H2,11,15)(H,13,16). The molecule has 7 nitrogen and oxygen atoms in total. The molecule has 1 fully saturated rings. The predicted molar refractivity (Wildman–Crippen MR) is 56.0 cm³/mol. The lowest BCUT2D eigenvalue weighted by Crippen LogP contribution is -2.51. The molecule has 2 atom stereocenters. The molecule has 16 heavy (non-hydrogen) atoms. The van der Waals surface area contributed by atoms with Crippen molar-refractivity contribution in [3.8, 4) is 0 Å². The molecule has 3 amide bonds. The first-order valence-corrected chi connectivity index (χ1v) is 5.12. The Kier molecular flexibility index (Phi) is 4.24. The normalized spacial score (nSPS) is 21.4. The van der Waals surface area contributed by atoms with Crippen molar-refractivity contribution in [3.05, 3.63) is 0 Å². The van der Waals surface area contributed by atoms with E-state index in [1.54, 1.807) is 0 Å².